The molecule has 6 heteroatoms. The van der Waals surface area contributed by atoms with Gasteiger partial charge in [0, 0.05) is 25.6 Å². The smallest absolute Gasteiger partial charge is 0.130 e. The highest BCUT2D eigenvalue weighted by Crippen LogP contribution is 2.02. The van der Waals surface area contributed by atoms with Gasteiger partial charge in [0.25, 0.3) is 0 Å². The van der Waals surface area contributed by atoms with E-state index >= 15 is 0 Å². The van der Waals surface area contributed by atoms with E-state index < -0.39 is 0 Å². The third-order valence-corrected chi connectivity index (χ3v) is 2.70. The molecule has 17 heavy (non-hydrogen) atoms. The molecule has 0 bridgehead atoms. The summed E-state index contributed by atoms with van der Waals surface area (Å²) in [6.45, 7) is 1.40. The van der Waals surface area contributed by atoms with Crippen molar-refractivity contribution in [2.75, 3.05) is 6.54 Å². The van der Waals surface area contributed by atoms with Crippen LogP contribution < -0.4 is 5.73 Å². The number of rotatable bonds is 6. The molecule has 0 aliphatic rings. The highest BCUT2D eigenvalue weighted by molar-refractivity contribution is 4.96. The highest BCUT2D eigenvalue weighted by atomic mass is 15.4. The zero-order chi connectivity index (χ0) is 12.1. The van der Waals surface area contributed by atoms with Gasteiger partial charge in [0.05, 0.1) is 5.69 Å². The number of hydrogen-bond acceptors (Lipinski definition) is 4. The highest BCUT2D eigenvalue weighted by Gasteiger charge is 2.04. The summed E-state index contributed by atoms with van der Waals surface area (Å²) in [6, 6.07) is 0. The Balaban J connectivity index is 1.92. The molecule has 2 aromatic rings. The van der Waals surface area contributed by atoms with E-state index in [1.807, 2.05) is 28.7 Å². The monoisotopic (exact) mass is 234 g/mol. The predicted molar refractivity (Wildman–Crippen MR) is 64.3 cm³/mol. The Hall–Kier alpha value is -1.69. The fraction of sp³-hybridized carbons (Fsp3) is 0.545. The molecule has 2 N–H and O–H groups in total. The van der Waals surface area contributed by atoms with E-state index in [9.17, 15) is 0 Å². The van der Waals surface area contributed by atoms with E-state index in [1.54, 1.807) is 6.20 Å². The van der Waals surface area contributed by atoms with Crippen LogP contribution in [-0.2, 0) is 20.0 Å². The van der Waals surface area contributed by atoms with Gasteiger partial charge in [-0.2, -0.15) is 0 Å². The number of imidazole rings is 1. The third kappa shape index (κ3) is 3.13. The molecule has 0 aliphatic carbocycles. The average molecular weight is 234 g/mol. The van der Waals surface area contributed by atoms with Crippen molar-refractivity contribution in [3.8, 4) is 0 Å². The Bertz CT molecular complexity index is 458. The second-order valence-electron chi connectivity index (χ2n) is 4.11. The van der Waals surface area contributed by atoms with Gasteiger partial charge >= 0.3 is 0 Å². The molecule has 6 nitrogen and oxygen atoms in total. The maximum Gasteiger partial charge on any atom is 0.130 e. The predicted octanol–water partition coefficient (Wildman–Crippen LogP) is 0.341. The van der Waals surface area contributed by atoms with Crippen molar-refractivity contribution in [3.63, 3.8) is 0 Å². The summed E-state index contributed by atoms with van der Waals surface area (Å²) >= 11 is 0. The summed E-state index contributed by atoms with van der Waals surface area (Å²) in [5.41, 5.74) is 6.47. The van der Waals surface area contributed by atoms with Gasteiger partial charge in [-0.15, -0.1) is 5.10 Å². The minimum Gasteiger partial charge on any atom is -0.336 e. The number of aryl methyl sites for hydroxylation is 2. The van der Waals surface area contributed by atoms with Gasteiger partial charge in [0.2, 0.25) is 0 Å². The van der Waals surface area contributed by atoms with Crippen LogP contribution in [0.2, 0.25) is 0 Å². The van der Waals surface area contributed by atoms with Crippen LogP contribution in [0.4, 0.5) is 0 Å². The fourth-order valence-electron chi connectivity index (χ4n) is 1.67. The summed E-state index contributed by atoms with van der Waals surface area (Å²) in [5.74, 6) is 0.975. The van der Waals surface area contributed by atoms with Crippen LogP contribution in [0.5, 0.6) is 0 Å². The van der Waals surface area contributed by atoms with Gasteiger partial charge < -0.3 is 10.3 Å². The molecule has 2 heterocycles. The van der Waals surface area contributed by atoms with Crippen molar-refractivity contribution in [2.45, 2.75) is 25.8 Å². The minimum atomic E-state index is 0.660. The van der Waals surface area contributed by atoms with Gasteiger partial charge in [-0.1, -0.05) is 5.21 Å². The standard InChI is InChI=1S/C11H18N6/c1-16-7-6-13-11(16)9-17-8-10(14-15-17)4-2-3-5-12/h6-8H,2-5,9,12H2,1H3. The molecule has 0 aliphatic heterocycles. The van der Waals surface area contributed by atoms with E-state index in [4.69, 9.17) is 5.73 Å². The summed E-state index contributed by atoms with van der Waals surface area (Å²) < 4.78 is 3.80. The van der Waals surface area contributed by atoms with E-state index in [0.717, 1.165) is 37.3 Å². The summed E-state index contributed by atoms with van der Waals surface area (Å²) in [6.07, 6.45) is 8.73. The summed E-state index contributed by atoms with van der Waals surface area (Å²) in [7, 11) is 1.97. The van der Waals surface area contributed by atoms with Gasteiger partial charge in [-0.3, -0.25) is 0 Å². The van der Waals surface area contributed by atoms with Crippen LogP contribution in [0.15, 0.2) is 18.6 Å². The molecule has 0 spiro atoms. The molecule has 0 radical (unpaired) electrons. The first kappa shape index (κ1) is 11.8. The lowest BCUT2D eigenvalue weighted by atomic mass is 10.2. The van der Waals surface area contributed by atoms with Gasteiger partial charge in [-0.05, 0) is 25.8 Å². The number of nitrogens with two attached hydrogens (primary N) is 1. The molecule has 2 rings (SSSR count). The molecular formula is C11H18N6. The largest absolute Gasteiger partial charge is 0.336 e. The molecule has 0 fully saturated rings. The van der Waals surface area contributed by atoms with Crippen LogP contribution in [0, 0.1) is 0 Å². The molecule has 0 aromatic carbocycles. The van der Waals surface area contributed by atoms with Crippen LogP contribution in [0.1, 0.15) is 24.4 Å². The van der Waals surface area contributed by atoms with E-state index in [0.29, 0.717) is 6.54 Å². The van der Waals surface area contributed by atoms with Crippen LogP contribution in [-0.4, -0.2) is 31.1 Å². The molecule has 0 unspecified atom stereocenters. The lowest BCUT2D eigenvalue weighted by Gasteiger charge is -2.00. The van der Waals surface area contributed by atoms with E-state index in [2.05, 4.69) is 15.3 Å². The Morgan fingerprint density at radius 3 is 2.94 bits per heavy atom. The van der Waals surface area contributed by atoms with Crippen LogP contribution in [0.3, 0.4) is 0 Å². The van der Waals surface area contributed by atoms with Crippen molar-refractivity contribution in [2.24, 2.45) is 12.8 Å². The Labute approximate surface area is 100 Å². The lowest BCUT2D eigenvalue weighted by molar-refractivity contribution is 0.607. The summed E-state index contributed by atoms with van der Waals surface area (Å²) in [5, 5.41) is 8.23. The number of aromatic nitrogens is 5. The second kappa shape index (κ2) is 5.58. The zero-order valence-corrected chi connectivity index (χ0v) is 10.1. The summed E-state index contributed by atoms with van der Waals surface area (Å²) in [4.78, 5) is 4.25. The van der Waals surface area contributed by atoms with E-state index in [1.165, 1.54) is 0 Å². The van der Waals surface area contributed by atoms with Crippen LogP contribution >= 0.6 is 0 Å². The Morgan fingerprint density at radius 1 is 1.35 bits per heavy atom. The van der Waals surface area contributed by atoms with Gasteiger partial charge in [0.1, 0.15) is 12.4 Å². The zero-order valence-electron chi connectivity index (χ0n) is 10.1. The molecule has 0 atom stereocenters. The lowest BCUT2D eigenvalue weighted by Crippen LogP contribution is -2.06. The molecule has 0 saturated heterocycles. The normalized spacial score (nSPS) is 10.9. The minimum absolute atomic E-state index is 0.660. The Morgan fingerprint density at radius 2 is 2.24 bits per heavy atom. The quantitative estimate of drug-likeness (QED) is 0.731. The molecule has 2 aromatic heterocycles. The average Bonchev–Trinajstić information content (AvgIpc) is 2.91. The third-order valence-electron chi connectivity index (χ3n) is 2.70. The first-order chi connectivity index (χ1) is 8.29. The maximum atomic E-state index is 5.45. The molecule has 92 valence electrons. The first-order valence-corrected chi connectivity index (χ1v) is 5.85. The van der Waals surface area contributed by atoms with Gasteiger partial charge in [-0.25, -0.2) is 9.67 Å². The Kier molecular flexibility index (Phi) is 3.87. The second-order valence-corrected chi connectivity index (χ2v) is 4.11. The number of unbranched alkanes of at least 4 members (excludes halogenated alkanes) is 1. The maximum absolute atomic E-state index is 5.45. The first-order valence-electron chi connectivity index (χ1n) is 5.85. The number of nitrogens with zero attached hydrogens (tertiary/aromatic N) is 5. The van der Waals surface area contributed by atoms with Crippen molar-refractivity contribution in [3.05, 3.63) is 30.1 Å². The van der Waals surface area contributed by atoms with Crippen molar-refractivity contribution in [1.82, 2.24) is 24.5 Å². The van der Waals surface area contributed by atoms with E-state index in [-0.39, 0.29) is 0 Å². The molecule has 0 saturated carbocycles. The fourth-order valence-corrected chi connectivity index (χ4v) is 1.67. The topological polar surface area (TPSA) is 74.5 Å². The van der Waals surface area contributed by atoms with Gasteiger partial charge in [0.15, 0.2) is 0 Å². The van der Waals surface area contributed by atoms with Crippen molar-refractivity contribution >= 4 is 0 Å². The van der Waals surface area contributed by atoms with Crippen molar-refractivity contribution < 1.29 is 0 Å². The number of hydrogen-bond donors (Lipinski definition) is 1. The van der Waals surface area contributed by atoms with Crippen LogP contribution in [0.25, 0.3) is 0 Å². The molecule has 0 amide bonds. The SMILES string of the molecule is Cn1ccnc1Cn1cc(CCCCN)nn1. The molecular weight excluding hydrogens is 216 g/mol. The van der Waals surface area contributed by atoms with Crippen molar-refractivity contribution in [1.29, 1.82) is 0 Å².